The molecular weight excluding hydrogens is 779 g/mol. The van der Waals surface area contributed by atoms with E-state index in [9.17, 15) is 19.8 Å². The van der Waals surface area contributed by atoms with Crippen molar-refractivity contribution in [3.63, 3.8) is 0 Å². The summed E-state index contributed by atoms with van der Waals surface area (Å²) in [6, 6.07) is -0.650. The molecule has 2 unspecified atom stereocenters. The van der Waals surface area contributed by atoms with Gasteiger partial charge < -0.3 is 20.3 Å². The Morgan fingerprint density at radius 2 is 0.794 bits per heavy atom. The minimum atomic E-state index is -0.863. The van der Waals surface area contributed by atoms with Gasteiger partial charge in [0.1, 0.15) is 0 Å². The number of hydrogen-bond donors (Lipinski definition) is 3. The number of ether oxygens (including phenoxy) is 1. The number of hydrogen-bond acceptors (Lipinski definition) is 5. The van der Waals surface area contributed by atoms with Gasteiger partial charge in [0.2, 0.25) is 5.91 Å². The molecule has 2 atom stereocenters. The number of allylic oxidation sites excluding steroid dienone is 7. The first-order valence-corrected chi connectivity index (χ1v) is 27.4. The first-order valence-electron chi connectivity index (χ1n) is 27.4. The van der Waals surface area contributed by atoms with Crippen LogP contribution in [0.2, 0.25) is 0 Å². The standard InChI is InChI=1S/C57H105NO5/c1-3-5-7-9-11-13-15-17-19-20-21-23-25-29-33-37-41-45-49-55(60)54(53-59)58-56(61)50-46-42-38-34-30-26-24-28-32-36-40-44-48-52-63-57(62)51-47-43-39-35-31-27-22-18-16-14-12-10-8-6-4-2/h12,14,18,22,26,30,45,49,54-55,59-60H,3-11,13,15-17,19-21,23-25,27-29,31-44,46-48,50-53H2,1-2H3,(H,58,61)/b14-12-,22-18-,30-26-,49-45+. The van der Waals surface area contributed by atoms with E-state index in [1.165, 1.54) is 167 Å². The van der Waals surface area contributed by atoms with Gasteiger partial charge >= 0.3 is 5.97 Å². The van der Waals surface area contributed by atoms with Crippen LogP contribution >= 0.6 is 0 Å². The minimum absolute atomic E-state index is 0.0285. The maximum atomic E-state index is 12.4. The summed E-state index contributed by atoms with van der Waals surface area (Å²) in [6.45, 7) is 4.83. The number of carbonyl (C=O) groups is 2. The second-order valence-corrected chi connectivity index (χ2v) is 18.5. The Labute approximate surface area is 391 Å². The third kappa shape index (κ3) is 49.1. The van der Waals surface area contributed by atoms with Crippen molar-refractivity contribution in [1.82, 2.24) is 5.32 Å². The van der Waals surface area contributed by atoms with Crippen LogP contribution in [0.25, 0.3) is 0 Å². The summed E-state index contributed by atoms with van der Waals surface area (Å²) in [5.74, 6) is -0.127. The summed E-state index contributed by atoms with van der Waals surface area (Å²) in [7, 11) is 0. The predicted octanol–water partition coefficient (Wildman–Crippen LogP) is 16.6. The molecule has 1 amide bonds. The number of aliphatic hydroxyl groups excluding tert-OH is 2. The molecule has 0 saturated heterocycles. The van der Waals surface area contributed by atoms with Gasteiger partial charge in [0.05, 0.1) is 25.4 Å². The molecule has 0 aliphatic carbocycles. The van der Waals surface area contributed by atoms with Gasteiger partial charge in [-0.05, 0) is 89.9 Å². The molecule has 3 N–H and O–H groups in total. The lowest BCUT2D eigenvalue weighted by molar-refractivity contribution is -0.143. The van der Waals surface area contributed by atoms with E-state index in [1.807, 2.05) is 6.08 Å². The van der Waals surface area contributed by atoms with Crippen LogP contribution in [0.4, 0.5) is 0 Å². The normalized spacial score (nSPS) is 13.0. The number of rotatable bonds is 50. The van der Waals surface area contributed by atoms with E-state index >= 15 is 0 Å². The van der Waals surface area contributed by atoms with Gasteiger partial charge in [-0.25, -0.2) is 0 Å². The molecule has 0 aromatic carbocycles. The highest BCUT2D eigenvalue weighted by atomic mass is 16.5. The van der Waals surface area contributed by atoms with Crippen LogP contribution in [0.1, 0.15) is 277 Å². The first-order chi connectivity index (χ1) is 31.0. The zero-order chi connectivity index (χ0) is 45.8. The smallest absolute Gasteiger partial charge is 0.305 e. The molecule has 0 aromatic rings. The Kier molecular flexibility index (Phi) is 50.6. The van der Waals surface area contributed by atoms with Gasteiger partial charge in [0.25, 0.3) is 0 Å². The highest BCUT2D eigenvalue weighted by molar-refractivity contribution is 5.76. The lowest BCUT2D eigenvalue weighted by Gasteiger charge is -2.19. The van der Waals surface area contributed by atoms with Gasteiger partial charge in [-0.2, -0.15) is 0 Å². The first kappa shape index (κ1) is 60.8. The Bertz CT molecular complexity index is 1070. The highest BCUT2D eigenvalue weighted by Crippen LogP contribution is 2.15. The molecule has 0 radical (unpaired) electrons. The van der Waals surface area contributed by atoms with Crippen molar-refractivity contribution < 1.29 is 24.5 Å². The Morgan fingerprint density at radius 1 is 0.444 bits per heavy atom. The third-order valence-corrected chi connectivity index (χ3v) is 12.3. The van der Waals surface area contributed by atoms with Crippen LogP contribution < -0.4 is 5.32 Å². The summed E-state index contributed by atoms with van der Waals surface area (Å²) >= 11 is 0. The molecule has 0 bridgehead atoms. The van der Waals surface area contributed by atoms with E-state index in [-0.39, 0.29) is 18.5 Å². The molecule has 0 rings (SSSR count). The molecule has 63 heavy (non-hydrogen) atoms. The molecule has 0 aliphatic heterocycles. The zero-order valence-corrected chi connectivity index (χ0v) is 41.8. The fourth-order valence-electron chi connectivity index (χ4n) is 8.07. The number of nitrogens with one attached hydrogen (secondary N) is 1. The van der Waals surface area contributed by atoms with E-state index in [1.54, 1.807) is 6.08 Å². The van der Waals surface area contributed by atoms with E-state index in [0.717, 1.165) is 83.5 Å². The van der Waals surface area contributed by atoms with Crippen molar-refractivity contribution in [2.75, 3.05) is 13.2 Å². The minimum Gasteiger partial charge on any atom is -0.466 e. The van der Waals surface area contributed by atoms with Crippen LogP contribution in [-0.4, -0.2) is 47.4 Å². The second kappa shape index (κ2) is 52.4. The van der Waals surface area contributed by atoms with Gasteiger partial charge in [-0.3, -0.25) is 9.59 Å². The Morgan fingerprint density at radius 3 is 1.27 bits per heavy atom. The number of unbranched alkanes of at least 4 members (excludes halogenated alkanes) is 33. The quantitative estimate of drug-likeness (QED) is 0.0321. The molecular formula is C57H105NO5. The fourth-order valence-corrected chi connectivity index (χ4v) is 8.07. The monoisotopic (exact) mass is 884 g/mol. The van der Waals surface area contributed by atoms with Crippen molar-refractivity contribution in [1.29, 1.82) is 0 Å². The van der Waals surface area contributed by atoms with Crippen LogP contribution in [0, 0.1) is 0 Å². The number of carbonyl (C=O) groups excluding carboxylic acids is 2. The molecule has 0 fully saturated rings. The van der Waals surface area contributed by atoms with Crippen LogP contribution in [0.5, 0.6) is 0 Å². The molecule has 6 heteroatoms. The Balaban J connectivity index is 3.55. The lowest BCUT2D eigenvalue weighted by atomic mass is 10.0. The lowest BCUT2D eigenvalue weighted by Crippen LogP contribution is -2.45. The van der Waals surface area contributed by atoms with Gasteiger partial charge in [0.15, 0.2) is 0 Å². The largest absolute Gasteiger partial charge is 0.466 e. The maximum absolute atomic E-state index is 12.4. The van der Waals surface area contributed by atoms with E-state index in [4.69, 9.17) is 4.74 Å². The molecule has 0 aliphatic rings. The van der Waals surface area contributed by atoms with E-state index in [2.05, 4.69) is 55.6 Å². The summed E-state index contributed by atoms with van der Waals surface area (Å²) in [5, 5.41) is 23.1. The molecule has 368 valence electrons. The van der Waals surface area contributed by atoms with Gasteiger partial charge in [-0.15, -0.1) is 0 Å². The third-order valence-electron chi connectivity index (χ3n) is 12.3. The van der Waals surface area contributed by atoms with Crippen molar-refractivity contribution >= 4 is 11.9 Å². The number of amides is 1. The van der Waals surface area contributed by atoms with Crippen molar-refractivity contribution in [3.8, 4) is 0 Å². The average Bonchev–Trinajstić information content (AvgIpc) is 3.28. The Hall–Kier alpha value is -2.18. The molecule has 6 nitrogen and oxygen atoms in total. The van der Waals surface area contributed by atoms with Crippen molar-refractivity contribution in [2.45, 2.75) is 289 Å². The summed E-state index contributed by atoms with van der Waals surface area (Å²) in [5.41, 5.74) is 0. The van der Waals surface area contributed by atoms with E-state index < -0.39 is 12.1 Å². The molecule has 0 heterocycles. The van der Waals surface area contributed by atoms with Crippen molar-refractivity contribution in [2.24, 2.45) is 0 Å². The van der Waals surface area contributed by atoms with Crippen LogP contribution in [-0.2, 0) is 14.3 Å². The summed E-state index contributed by atoms with van der Waals surface area (Å²) in [4.78, 5) is 24.5. The molecule has 0 aromatic heterocycles. The fraction of sp³-hybridized carbons (Fsp3) is 0.825. The summed E-state index contributed by atoms with van der Waals surface area (Å²) in [6.07, 6.45) is 65.4. The second-order valence-electron chi connectivity index (χ2n) is 18.5. The molecule has 0 saturated carbocycles. The van der Waals surface area contributed by atoms with Gasteiger partial charge in [-0.1, -0.05) is 223 Å². The SMILES string of the molecule is CCCCC/C=C\C/C=C\CCCCCCCC(=O)OCCCCCCCC/C=C\CCCCCC(=O)NC(CO)C(O)/C=C/CCCCCCCCCCCCCCCCCC. The highest BCUT2D eigenvalue weighted by Gasteiger charge is 2.18. The average molecular weight is 884 g/mol. The number of aliphatic hydroxyl groups is 2. The topological polar surface area (TPSA) is 95.9 Å². The van der Waals surface area contributed by atoms with Gasteiger partial charge in [0, 0.05) is 12.8 Å². The van der Waals surface area contributed by atoms with Crippen molar-refractivity contribution in [3.05, 3.63) is 48.6 Å². The predicted molar refractivity (Wildman–Crippen MR) is 273 cm³/mol. The van der Waals surface area contributed by atoms with Crippen LogP contribution in [0.15, 0.2) is 48.6 Å². The number of esters is 1. The van der Waals surface area contributed by atoms with Crippen LogP contribution in [0.3, 0.4) is 0 Å². The van der Waals surface area contributed by atoms with E-state index in [0.29, 0.717) is 19.4 Å². The molecule has 0 spiro atoms. The summed E-state index contributed by atoms with van der Waals surface area (Å²) < 4.78 is 5.45. The zero-order valence-electron chi connectivity index (χ0n) is 41.8. The maximum Gasteiger partial charge on any atom is 0.305 e.